The van der Waals surface area contributed by atoms with E-state index in [1.807, 2.05) is 13.8 Å². The molecule has 19 heteroatoms. The second-order valence-corrected chi connectivity index (χ2v) is 26.8. The van der Waals surface area contributed by atoms with Crippen molar-refractivity contribution in [3.8, 4) is 11.5 Å². The van der Waals surface area contributed by atoms with Crippen molar-refractivity contribution in [3.05, 3.63) is 45.3 Å². The van der Waals surface area contributed by atoms with Crippen molar-refractivity contribution in [2.45, 2.75) is 223 Å². The summed E-state index contributed by atoms with van der Waals surface area (Å²) in [6.07, 6.45) is -6.91. The lowest BCUT2D eigenvalue weighted by atomic mass is 9.44. The highest BCUT2D eigenvalue weighted by molar-refractivity contribution is 5.87. The lowest BCUT2D eigenvalue weighted by Crippen LogP contribution is -2.60. The third kappa shape index (κ3) is 7.43. The molecule has 0 radical (unpaired) electrons. The molecule has 5 aliphatic carbocycles. The minimum atomic E-state index is -1.67. The van der Waals surface area contributed by atoms with Gasteiger partial charge in [-0.3, -0.25) is 4.79 Å². The summed E-state index contributed by atoms with van der Waals surface area (Å²) in [6, 6.07) is 2.84. The van der Waals surface area contributed by atoms with Crippen LogP contribution >= 0.6 is 0 Å². The molecule has 6 heterocycles. The fourth-order valence-electron chi connectivity index (χ4n) is 17.6. The fourth-order valence-corrected chi connectivity index (χ4v) is 17.6. The van der Waals surface area contributed by atoms with E-state index in [-0.39, 0.29) is 88.2 Å². The van der Waals surface area contributed by atoms with Crippen LogP contribution < -0.4 is 14.9 Å². The zero-order valence-corrected chi connectivity index (χ0v) is 45.4. The Bertz CT molecular complexity index is 2720. The van der Waals surface area contributed by atoms with E-state index in [4.69, 9.17) is 47.0 Å². The van der Waals surface area contributed by atoms with Gasteiger partial charge in [0.15, 0.2) is 23.8 Å². The SMILES string of the molecule is COc1c2c(cc3oc(CO[C@@H]4O[C@H](COC(C)(C)[C@H]5O[C@]67C[C@@]8(C)C9=CC[C@H]%10C(C)(C)[C@@H](O[C@@H]%11OC[C@@H](O)[C@H](O)[C@H]%11O)CC[C@@]%10%11C[C@@]9%11[C@@H](O)C[C@]8(C)[C@H]6[C@H](C)C[C@H]5O7)[C@@H](O)[C@H](O)[C@H]4O)cc(=O)c13)O[C@H](C(C)(C)O)C2. The van der Waals surface area contributed by atoms with Gasteiger partial charge in [-0.05, 0) is 94.3 Å². The Kier molecular flexibility index (Phi) is 12.4. The van der Waals surface area contributed by atoms with Crippen LogP contribution in [0.5, 0.6) is 11.5 Å². The van der Waals surface area contributed by atoms with Crippen LogP contribution in [0.15, 0.2) is 33.0 Å². The van der Waals surface area contributed by atoms with Crippen LogP contribution in [0, 0.1) is 44.8 Å². The smallest absolute Gasteiger partial charge is 0.196 e. The Morgan fingerprint density at radius 2 is 1.63 bits per heavy atom. The fraction of sp³-hybridized carbons (Fsp3) is 0.807. The van der Waals surface area contributed by atoms with Crippen molar-refractivity contribution in [1.29, 1.82) is 0 Å². The molecule has 3 spiro atoms. The minimum absolute atomic E-state index is 0.0500. The Balaban J connectivity index is 0.739. The van der Waals surface area contributed by atoms with Gasteiger partial charge in [0.05, 0.1) is 49.8 Å². The van der Waals surface area contributed by atoms with Crippen LogP contribution in [-0.2, 0) is 46.2 Å². The summed E-state index contributed by atoms with van der Waals surface area (Å²) in [5, 5.41) is 88.4. The van der Waals surface area contributed by atoms with Gasteiger partial charge in [-0.25, -0.2) is 0 Å². The molecule has 2 aromatic rings. The zero-order chi connectivity index (χ0) is 54.4. The predicted octanol–water partition coefficient (Wildman–Crippen LogP) is 3.28. The van der Waals surface area contributed by atoms with E-state index < -0.39 is 101 Å². The molecule has 19 nitrogen and oxygen atoms in total. The number of hydrogen-bond donors (Lipinski definition) is 8. The number of aliphatic hydroxyl groups is 8. The number of rotatable bonds is 11. The molecule has 4 saturated carbocycles. The third-order valence-corrected chi connectivity index (χ3v) is 21.5. The normalized spacial score (nSPS) is 47.9. The van der Waals surface area contributed by atoms with Gasteiger partial charge in [0.25, 0.3) is 0 Å². The Morgan fingerprint density at radius 1 is 0.895 bits per heavy atom. The molecule has 422 valence electrons. The van der Waals surface area contributed by atoms with Gasteiger partial charge in [0, 0.05) is 47.3 Å². The maximum Gasteiger partial charge on any atom is 0.196 e. The predicted molar refractivity (Wildman–Crippen MR) is 267 cm³/mol. The summed E-state index contributed by atoms with van der Waals surface area (Å²) in [5.74, 6) is 0.132. The van der Waals surface area contributed by atoms with E-state index >= 15 is 0 Å². The number of allylic oxidation sites excluding steroid dienone is 1. The lowest BCUT2D eigenvalue weighted by Gasteiger charge is -2.61. The van der Waals surface area contributed by atoms with Gasteiger partial charge in [0.1, 0.15) is 89.8 Å². The van der Waals surface area contributed by atoms with E-state index in [2.05, 4.69) is 40.7 Å². The molecule has 0 unspecified atom stereocenters. The van der Waals surface area contributed by atoms with Gasteiger partial charge >= 0.3 is 0 Å². The summed E-state index contributed by atoms with van der Waals surface area (Å²) in [6.45, 7) is 17.9. The molecule has 8 N–H and O–H groups in total. The van der Waals surface area contributed by atoms with Crippen molar-refractivity contribution in [3.63, 3.8) is 0 Å². The van der Waals surface area contributed by atoms with Crippen molar-refractivity contribution in [1.82, 2.24) is 0 Å². The van der Waals surface area contributed by atoms with Crippen LogP contribution in [0.3, 0.4) is 0 Å². The maximum absolute atomic E-state index is 13.6. The number of fused-ring (bicyclic) bond motifs is 6. The first-order chi connectivity index (χ1) is 35.6. The van der Waals surface area contributed by atoms with Crippen LogP contribution in [0.1, 0.15) is 119 Å². The first-order valence-electron chi connectivity index (χ1n) is 27.6. The van der Waals surface area contributed by atoms with Gasteiger partial charge in [-0.15, -0.1) is 0 Å². The quantitative estimate of drug-likeness (QED) is 0.150. The third-order valence-electron chi connectivity index (χ3n) is 21.5. The van der Waals surface area contributed by atoms with E-state index in [9.17, 15) is 45.6 Å². The van der Waals surface area contributed by atoms with Crippen LogP contribution in [0.25, 0.3) is 11.0 Å². The van der Waals surface area contributed by atoms with E-state index in [0.717, 1.165) is 19.3 Å². The standard InChI is InChI=1S/C57H80O19/c1-25-15-32-47(52(6,7)70-22-33-41(62)42(63)44(65)48(73-33)68-20-26-16-28(58)39-31(71-26)18-30-27(45(39)67-10)17-38(72-30)51(4,5)66)76-57(75-32)23-54(9)35-12-11-34-50(2,3)37(74-49-43(64)40(61)29(59)21-69-49)13-14-55(34)24-56(35,55)36(60)19-53(54,8)46(25)57/h12,16,18,25,29,32-34,36-38,40-44,46-49,59-66H,11,13-15,17,19-24H2,1-10H3/t25-,29-,32-,33-,34+,36+,37+,38+,40+,41-,42+,43-,44-,46-,47+,48-,49+,53-,54+,55-,56+,57-/m1/s1. The average Bonchev–Trinajstić information content (AvgIpc) is 3.64. The highest BCUT2D eigenvalue weighted by Crippen LogP contribution is 2.89. The van der Waals surface area contributed by atoms with Crippen molar-refractivity contribution < 1.29 is 87.9 Å². The van der Waals surface area contributed by atoms with E-state index in [1.54, 1.807) is 19.9 Å². The lowest BCUT2D eigenvalue weighted by molar-refractivity contribution is -0.312. The number of methoxy groups -OCH3 is 1. The minimum Gasteiger partial charge on any atom is -0.495 e. The Hall–Kier alpha value is -2.83. The zero-order valence-electron chi connectivity index (χ0n) is 45.4. The highest BCUT2D eigenvalue weighted by Gasteiger charge is 2.86. The molecule has 5 aliphatic heterocycles. The summed E-state index contributed by atoms with van der Waals surface area (Å²) in [4.78, 5) is 13.6. The van der Waals surface area contributed by atoms with E-state index in [0.29, 0.717) is 49.2 Å². The van der Waals surface area contributed by atoms with E-state index in [1.165, 1.54) is 18.7 Å². The van der Waals surface area contributed by atoms with Crippen LogP contribution in [0.4, 0.5) is 0 Å². The number of hydrogen-bond acceptors (Lipinski definition) is 19. The summed E-state index contributed by atoms with van der Waals surface area (Å²) in [7, 11) is 1.45. The summed E-state index contributed by atoms with van der Waals surface area (Å²) in [5.41, 5.74) is -2.15. The van der Waals surface area contributed by atoms with Crippen molar-refractivity contribution >= 4 is 11.0 Å². The first-order valence-corrected chi connectivity index (χ1v) is 27.6. The van der Waals surface area contributed by atoms with Crippen LogP contribution in [-0.4, -0.2) is 164 Å². The average molecular weight is 1070 g/mol. The molecular formula is C57H80O19. The van der Waals surface area contributed by atoms with Crippen molar-refractivity contribution in [2.24, 2.45) is 44.8 Å². The number of ether oxygens (including phenoxy) is 9. The maximum atomic E-state index is 13.6. The molecule has 2 bridgehead atoms. The van der Waals surface area contributed by atoms with Crippen LogP contribution in [0.2, 0.25) is 0 Å². The topological polar surface area (TPSA) is 275 Å². The number of benzene rings is 1. The molecule has 1 aromatic carbocycles. The molecule has 4 saturated heterocycles. The summed E-state index contributed by atoms with van der Waals surface area (Å²) < 4.78 is 63.3. The molecular weight excluding hydrogens is 989 g/mol. The largest absolute Gasteiger partial charge is 0.495 e. The Morgan fingerprint density at radius 3 is 2.36 bits per heavy atom. The molecule has 1 aromatic heterocycles. The molecule has 8 fully saturated rings. The highest BCUT2D eigenvalue weighted by atomic mass is 16.8. The van der Waals surface area contributed by atoms with Gasteiger partial charge in [0.2, 0.25) is 0 Å². The van der Waals surface area contributed by atoms with Gasteiger partial charge in [-0.2, -0.15) is 0 Å². The molecule has 10 aliphatic rings. The number of aliphatic hydroxyl groups excluding tert-OH is 7. The van der Waals surface area contributed by atoms with Gasteiger partial charge in [-0.1, -0.05) is 46.3 Å². The Labute approximate surface area is 442 Å². The molecule has 12 rings (SSSR count). The molecule has 22 atom stereocenters. The summed E-state index contributed by atoms with van der Waals surface area (Å²) >= 11 is 0. The second kappa shape index (κ2) is 17.6. The molecule has 0 amide bonds. The van der Waals surface area contributed by atoms with Crippen molar-refractivity contribution in [2.75, 3.05) is 20.3 Å². The second-order valence-electron chi connectivity index (χ2n) is 26.8. The van der Waals surface area contributed by atoms with Gasteiger partial charge < -0.3 is 87.9 Å². The molecule has 76 heavy (non-hydrogen) atoms. The first kappa shape index (κ1) is 53.8. The monoisotopic (exact) mass is 1070 g/mol.